The lowest BCUT2D eigenvalue weighted by Gasteiger charge is -2.26. The van der Waals surface area contributed by atoms with Crippen LogP contribution in [0.1, 0.15) is 19.3 Å². The minimum Gasteiger partial charge on any atom is -0.489 e. The smallest absolute Gasteiger partial charge is 0.151 e. The fraction of sp³-hybridized carbons (Fsp3) is 0.444. The summed E-state index contributed by atoms with van der Waals surface area (Å²) in [5, 5.41) is 0.717. The number of ether oxygens (including phenoxy) is 1. The number of hydrogen-bond donors (Lipinski definition) is 0. The van der Waals surface area contributed by atoms with E-state index in [0.29, 0.717) is 22.0 Å². The van der Waals surface area contributed by atoms with Crippen LogP contribution in [0.2, 0.25) is 10.2 Å². The summed E-state index contributed by atoms with van der Waals surface area (Å²) in [6, 6.07) is 1.74. The predicted molar refractivity (Wildman–Crippen MR) is 52.5 cm³/mol. The average molecular weight is 218 g/mol. The quantitative estimate of drug-likeness (QED) is 0.710. The summed E-state index contributed by atoms with van der Waals surface area (Å²) < 4.78 is 5.61. The van der Waals surface area contributed by atoms with Crippen molar-refractivity contribution in [2.45, 2.75) is 25.4 Å². The minimum atomic E-state index is 0.304. The van der Waals surface area contributed by atoms with Gasteiger partial charge in [0.2, 0.25) is 0 Å². The van der Waals surface area contributed by atoms with Crippen LogP contribution < -0.4 is 4.74 Å². The number of pyridine rings is 1. The van der Waals surface area contributed by atoms with E-state index in [-0.39, 0.29) is 0 Å². The molecule has 0 bridgehead atoms. The zero-order valence-electron chi connectivity index (χ0n) is 6.96. The van der Waals surface area contributed by atoms with Crippen LogP contribution in [0.15, 0.2) is 12.3 Å². The molecule has 0 spiro atoms. The van der Waals surface area contributed by atoms with E-state index in [9.17, 15) is 0 Å². The molecule has 0 radical (unpaired) electrons. The van der Waals surface area contributed by atoms with Crippen molar-refractivity contribution in [2.75, 3.05) is 0 Å². The van der Waals surface area contributed by atoms with E-state index in [2.05, 4.69) is 4.98 Å². The van der Waals surface area contributed by atoms with Gasteiger partial charge in [0.25, 0.3) is 0 Å². The van der Waals surface area contributed by atoms with Crippen LogP contribution in [0.4, 0.5) is 0 Å². The molecule has 1 saturated carbocycles. The van der Waals surface area contributed by atoms with E-state index in [4.69, 9.17) is 27.9 Å². The van der Waals surface area contributed by atoms with Gasteiger partial charge in [-0.05, 0) is 19.3 Å². The monoisotopic (exact) mass is 217 g/mol. The summed E-state index contributed by atoms with van der Waals surface area (Å²) in [6.45, 7) is 0. The second-order valence-electron chi connectivity index (χ2n) is 3.08. The third-order valence-electron chi connectivity index (χ3n) is 2.16. The van der Waals surface area contributed by atoms with Crippen molar-refractivity contribution in [3.63, 3.8) is 0 Å². The Morgan fingerprint density at radius 2 is 2.15 bits per heavy atom. The highest BCUT2D eigenvalue weighted by Gasteiger charge is 2.20. The Morgan fingerprint density at radius 3 is 2.77 bits per heavy atom. The van der Waals surface area contributed by atoms with E-state index in [1.165, 1.54) is 6.42 Å². The lowest BCUT2D eigenvalue weighted by molar-refractivity contribution is 0.120. The molecule has 1 aliphatic rings. The second-order valence-corrected chi connectivity index (χ2v) is 3.82. The van der Waals surface area contributed by atoms with Crippen LogP contribution in [-0.2, 0) is 0 Å². The zero-order chi connectivity index (χ0) is 9.26. The third kappa shape index (κ3) is 1.89. The van der Waals surface area contributed by atoms with Crippen molar-refractivity contribution in [1.82, 2.24) is 4.98 Å². The Balaban J connectivity index is 2.14. The Hall–Kier alpha value is -0.470. The van der Waals surface area contributed by atoms with Crippen LogP contribution in [-0.4, -0.2) is 11.1 Å². The minimum absolute atomic E-state index is 0.304. The summed E-state index contributed by atoms with van der Waals surface area (Å²) in [5.41, 5.74) is 0. The molecule has 1 fully saturated rings. The molecule has 2 nitrogen and oxygen atoms in total. The van der Waals surface area contributed by atoms with Gasteiger partial charge in [-0.15, -0.1) is 0 Å². The molecule has 2 rings (SSSR count). The summed E-state index contributed by atoms with van der Waals surface area (Å²) in [7, 11) is 0. The molecular formula is C9H9Cl2NO. The van der Waals surface area contributed by atoms with E-state index in [0.717, 1.165) is 12.8 Å². The van der Waals surface area contributed by atoms with Gasteiger partial charge in [-0.3, -0.25) is 0 Å². The van der Waals surface area contributed by atoms with Gasteiger partial charge in [0.05, 0.1) is 6.10 Å². The first-order chi connectivity index (χ1) is 6.27. The van der Waals surface area contributed by atoms with Crippen LogP contribution in [0, 0.1) is 0 Å². The lowest BCUT2D eigenvalue weighted by Crippen LogP contribution is -2.24. The van der Waals surface area contributed by atoms with Crippen molar-refractivity contribution in [2.24, 2.45) is 0 Å². The molecule has 0 aromatic carbocycles. The molecule has 1 aromatic rings. The number of halogens is 2. The van der Waals surface area contributed by atoms with Crippen LogP contribution >= 0.6 is 23.2 Å². The van der Waals surface area contributed by atoms with Crippen molar-refractivity contribution < 1.29 is 4.74 Å². The molecule has 4 heteroatoms. The van der Waals surface area contributed by atoms with E-state index >= 15 is 0 Å². The maximum Gasteiger partial charge on any atom is 0.151 e. The van der Waals surface area contributed by atoms with Gasteiger partial charge < -0.3 is 4.74 Å². The van der Waals surface area contributed by atoms with Crippen molar-refractivity contribution >= 4 is 23.2 Å². The SMILES string of the molecule is Clc1nccc(OC2CCC2)c1Cl. The van der Waals surface area contributed by atoms with Gasteiger partial charge in [0.1, 0.15) is 10.8 Å². The van der Waals surface area contributed by atoms with Gasteiger partial charge in [-0.1, -0.05) is 23.2 Å². The Kier molecular flexibility index (Phi) is 2.61. The zero-order valence-corrected chi connectivity index (χ0v) is 8.48. The van der Waals surface area contributed by atoms with Crippen LogP contribution in [0.5, 0.6) is 5.75 Å². The van der Waals surface area contributed by atoms with Crippen LogP contribution in [0.3, 0.4) is 0 Å². The first-order valence-corrected chi connectivity index (χ1v) is 4.99. The standard InChI is InChI=1S/C9H9Cl2NO/c10-8-7(4-5-12-9(8)11)13-6-2-1-3-6/h4-6H,1-3H2. The van der Waals surface area contributed by atoms with Crippen molar-refractivity contribution in [3.05, 3.63) is 22.4 Å². The Bertz CT molecular complexity index is 312. The topological polar surface area (TPSA) is 22.1 Å². The van der Waals surface area contributed by atoms with Gasteiger partial charge in [0, 0.05) is 12.3 Å². The van der Waals surface area contributed by atoms with Crippen molar-refractivity contribution in [1.29, 1.82) is 0 Å². The molecule has 0 saturated heterocycles. The van der Waals surface area contributed by atoms with Gasteiger partial charge in [-0.2, -0.15) is 0 Å². The molecule has 13 heavy (non-hydrogen) atoms. The summed E-state index contributed by atoms with van der Waals surface area (Å²) in [6.07, 6.45) is 5.37. The molecule has 1 aliphatic carbocycles. The highest BCUT2D eigenvalue weighted by molar-refractivity contribution is 6.42. The summed E-state index contributed by atoms with van der Waals surface area (Å²) in [5.74, 6) is 0.645. The molecular weight excluding hydrogens is 209 g/mol. The Labute approximate surface area is 86.8 Å². The second kappa shape index (κ2) is 3.72. The normalized spacial score (nSPS) is 16.8. The van der Waals surface area contributed by atoms with Crippen molar-refractivity contribution in [3.8, 4) is 5.75 Å². The largest absolute Gasteiger partial charge is 0.489 e. The first-order valence-electron chi connectivity index (χ1n) is 4.24. The average Bonchev–Trinajstić information content (AvgIpc) is 2.04. The predicted octanol–water partition coefficient (Wildman–Crippen LogP) is 3.32. The van der Waals surface area contributed by atoms with Gasteiger partial charge in [-0.25, -0.2) is 4.98 Å². The fourth-order valence-corrected chi connectivity index (χ4v) is 1.47. The highest BCUT2D eigenvalue weighted by Crippen LogP contribution is 2.33. The molecule has 0 atom stereocenters. The molecule has 0 unspecified atom stereocenters. The summed E-state index contributed by atoms with van der Waals surface area (Å²) in [4.78, 5) is 3.84. The highest BCUT2D eigenvalue weighted by atomic mass is 35.5. The van der Waals surface area contributed by atoms with Gasteiger partial charge in [0.15, 0.2) is 5.15 Å². The third-order valence-corrected chi connectivity index (χ3v) is 2.91. The molecule has 0 aliphatic heterocycles. The molecule has 1 aromatic heterocycles. The Morgan fingerprint density at radius 1 is 1.38 bits per heavy atom. The van der Waals surface area contributed by atoms with Gasteiger partial charge >= 0.3 is 0 Å². The maximum atomic E-state index is 5.90. The van der Waals surface area contributed by atoms with E-state index in [1.54, 1.807) is 12.3 Å². The molecule has 70 valence electrons. The number of nitrogens with zero attached hydrogens (tertiary/aromatic N) is 1. The van der Waals surface area contributed by atoms with Crippen LogP contribution in [0.25, 0.3) is 0 Å². The molecule has 0 amide bonds. The lowest BCUT2D eigenvalue weighted by atomic mass is 9.96. The number of aromatic nitrogens is 1. The molecule has 1 heterocycles. The number of rotatable bonds is 2. The summed E-state index contributed by atoms with van der Waals surface area (Å²) >= 11 is 11.6. The van der Waals surface area contributed by atoms with E-state index < -0.39 is 0 Å². The van der Waals surface area contributed by atoms with E-state index in [1.807, 2.05) is 0 Å². The fourth-order valence-electron chi connectivity index (χ4n) is 1.16. The number of hydrogen-bond acceptors (Lipinski definition) is 2. The first kappa shape index (κ1) is 9.10. The maximum absolute atomic E-state index is 5.90. The molecule has 0 N–H and O–H groups in total.